The maximum absolute atomic E-state index is 12.4. The van der Waals surface area contributed by atoms with Crippen molar-refractivity contribution in [1.82, 2.24) is 10.0 Å². The SMILES string of the molecule is Nc1ccccc1NC(=O)c1ccc(CN(C=O)OCc2ccccn2)cc1. The molecule has 0 unspecified atom stereocenters. The third-order valence-electron chi connectivity index (χ3n) is 3.99. The molecule has 28 heavy (non-hydrogen) atoms. The topological polar surface area (TPSA) is 97.6 Å². The van der Waals surface area contributed by atoms with Crippen LogP contribution in [0.2, 0.25) is 0 Å². The average molecular weight is 376 g/mol. The second kappa shape index (κ2) is 9.29. The molecule has 7 nitrogen and oxygen atoms in total. The highest BCUT2D eigenvalue weighted by Gasteiger charge is 2.09. The van der Waals surface area contributed by atoms with Crippen LogP contribution in [0.4, 0.5) is 11.4 Å². The van der Waals surface area contributed by atoms with Gasteiger partial charge in [0.2, 0.25) is 6.41 Å². The van der Waals surface area contributed by atoms with E-state index in [1.165, 1.54) is 5.06 Å². The normalized spacial score (nSPS) is 10.3. The average Bonchev–Trinajstić information content (AvgIpc) is 2.74. The van der Waals surface area contributed by atoms with Crippen LogP contribution in [0, 0.1) is 0 Å². The summed E-state index contributed by atoms with van der Waals surface area (Å²) >= 11 is 0. The predicted molar refractivity (Wildman–Crippen MR) is 106 cm³/mol. The number of nitrogens with zero attached hydrogens (tertiary/aromatic N) is 2. The molecule has 0 aliphatic rings. The van der Waals surface area contributed by atoms with Gasteiger partial charge in [-0.1, -0.05) is 30.3 Å². The number of benzene rings is 2. The zero-order valence-corrected chi connectivity index (χ0v) is 15.1. The fraction of sp³-hybridized carbons (Fsp3) is 0.0952. The third-order valence-corrected chi connectivity index (χ3v) is 3.99. The Balaban J connectivity index is 1.57. The molecule has 142 valence electrons. The molecule has 0 bridgehead atoms. The Hall–Kier alpha value is -3.71. The van der Waals surface area contributed by atoms with E-state index >= 15 is 0 Å². The first kappa shape index (κ1) is 19.1. The van der Waals surface area contributed by atoms with Gasteiger partial charge in [0.1, 0.15) is 6.61 Å². The van der Waals surface area contributed by atoms with Crippen LogP contribution in [0.5, 0.6) is 0 Å². The van der Waals surface area contributed by atoms with Crippen molar-refractivity contribution in [1.29, 1.82) is 0 Å². The molecule has 2 amide bonds. The summed E-state index contributed by atoms with van der Waals surface area (Å²) in [6.07, 6.45) is 2.28. The van der Waals surface area contributed by atoms with E-state index in [0.717, 1.165) is 11.3 Å². The van der Waals surface area contributed by atoms with Gasteiger partial charge in [-0.2, -0.15) is 0 Å². The number of para-hydroxylation sites is 2. The van der Waals surface area contributed by atoms with Gasteiger partial charge in [0.25, 0.3) is 5.91 Å². The highest BCUT2D eigenvalue weighted by Crippen LogP contribution is 2.18. The minimum Gasteiger partial charge on any atom is -0.397 e. The van der Waals surface area contributed by atoms with Crippen LogP contribution in [0.25, 0.3) is 0 Å². The number of nitrogens with one attached hydrogen (secondary N) is 1. The maximum Gasteiger partial charge on any atom is 0.255 e. The molecule has 3 N–H and O–H groups in total. The molecular weight excluding hydrogens is 356 g/mol. The lowest BCUT2D eigenvalue weighted by atomic mass is 10.1. The van der Waals surface area contributed by atoms with Crippen molar-refractivity contribution < 1.29 is 14.4 Å². The standard InChI is InChI=1S/C21H20N4O3/c22-19-6-1-2-7-20(19)24-21(27)17-10-8-16(9-11-17)13-25(15-26)28-14-18-5-3-4-12-23-18/h1-12,15H,13-14,22H2,(H,24,27). The molecule has 0 saturated heterocycles. The van der Waals surface area contributed by atoms with Crippen molar-refractivity contribution in [2.45, 2.75) is 13.2 Å². The number of carbonyl (C=O) groups is 2. The number of hydrogen-bond acceptors (Lipinski definition) is 5. The van der Waals surface area contributed by atoms with E-state index in [9.17, 15) is 9.59 Å². The predicted octanol–water partition coefficient (Wildman–Crippen LogP) is 3.01. The van der Waals surface area contributed by atoms with Crippen LogP contribution in [-0.4, -0.2) is 22.4 Å². The van der Waals surface area contributed by atoms with Gasteiger partial charge in [0, 0.05) is 11.8 Å². The van der Waals surface area contributed by atoms with Gasteiger partial charge in [0.05, 0.1) is 23.6 Å². The summed E-state index contributed by atoms with van der Waals surface area (Å²) in [5, 5.41) is 3.96. The van der Waals surface area contributed by atoms with Gasteiger partial charge >= 0.3 is 0 Å². The Morgan fingerprint density at radius 2 is 1.82 bits per heavy atom. The van der Waals surface area contributed by atoms with E-state index in [2.05, 4.69) is 10.3 Å². The largest absolute Gasteiger partial charge is 0.397 e. The van der Waals surface area contributed by atoms with Crippen molar-refractivity contribution in [2.24, 2.45) is 0 Å². The number of amides is 2. The van der Waals surface area contributed by atoms with Crippen molar-refractivity contribution in [3.63, 3.8) is 0 Å². The maximum atomic E-state index is 12.4. The summed E-state index contributed by atoms with van der Waals surface area (Å²) in [6.45, 7) is 0.447. The molecule has 0 saturated carbocycles. The monoisotopic (exact) mass is 376 g/mol. The highest BCUT2D eigenvalue weighted by atomic mass is 16.7. The molecule has 1 aromatic heterocycles. The number of nitrogen functional groups attached to an aromatic ring is 1. The van der Waals surface area contributed by atoms with Gasteiger partial charge in [-0.25, -0.2) is 5.06 Å². The van der Waals surface area contributed by atoms with Crippen LogP contribution >= 0.6 is 0 Å². The Labute approximate surface area is 162 Å². The molecule has 0 atom stereocenters. The molecular formula is C21H20N4O3. The molecule has 1 heterocycles. The molecule has 0 fully saturated rings. The number of hydroxylamine groups is 2. The molecule has 0 aliphatic carbocycles. The van der Waals surface area contributed by atoms with E-state index in [-0.39, 0.29) is 19.1 Å². The number of hydrogen-bond donors (Lipinski definition) is 2. The quantitative estimate of drug-likeness (QED) is 0.358. The zero-order valence-electron chi connectivity index (χ0n) is 15.1. The molecule has 3 aromatic rings. The van der Waals surface area contributed by atoms with Crippen molar-refractivity contribution in [2.75, 3.05) is 11.1 Å². The van der Waals surface area contributed by atoms with E-state index in [0.29, 0.717) is 23.3 Å². The van der Waals surface area contributed by atoms with E-state index in [4.69, 9.17) is 10.6 Å². The van der Waals surface area contributed by atoms with Crippen LogP contribution in [0.3, 0.4) is 0 Å². The second-order valence-corrected chi connectivity index (χ2v) is 6.01. The molecule has 2 aromatic carbocycles. The Kier molecular flexibility index (Phi) is 6.33. The number of rotatable bonds is 8. The van der Waals surface area contributed by atoms with Crippen molar-refractivity contribution in [3.05, 3.63) is 89.7 Å². The van der Waals surface area contributed by atoms with Gasteiger partial charge in [-0.05, 0) is 42.0 Å². The fourth-order valence-corrected chi connectivity index (χ4v) is 2.49. The molecule has 0 radical (unpaired) electrons. The Bertz CT molecular complexity index is 930. The number of anilines is 2. The summed E-state index contributed by atoms with van der Waals surface area (Å²) < 4.78 is 0. The van der Waals surface area contributed by atoms with E-state index in [1.54, 1.807) is 54.7 Å². The van der Waals surface area contributed by atoms with Crippen LogP contribution in [0.1, 0.15) is 21.6 Å². The number of carbonyl (C=O) groups excluding carboxylic acids is 2. The summed E-state index contributed by atoms with van der Waals surface area (Å²) in [6, 6.07) is 19.4. The minimum absolute atomic E-state index is 0.193. The van der Waals surface area contributed by atoms with Gasteiger partial charge in [-0.3, -0.25) is 19.4 Å². The number of nitrogens with two attached hydrogens (primary N) is 1. The van der Waals surface area contributed by atoms with Crippen molar-refractivity contribution >= 4 is 23.7 Å². The zero-order chi connectivity index (χ0) is 19.8. The van der Waals surface area contributed by atoms with E-state index in [1.807, 2.05) is 18.2 Å². The summed E-state index contributed by atoms with van der Waals surface area (Å²) in [5.74, 6) is -0.261. The Morgan fingerprint density at radius 1 is 1.07 bits per heavy atom. The lowest BCUT2D eigenvalue weighted by Gasteiger charge is -2.17. The minimum atomic E-state index is -0.261. The van der Waals surface area contributed by atoms with Crippen LogP contribution < -0.4 is 11.1 Å². The van der Waals surface area contributed by atoms with Crippen LogP contribution in [-0.2, 0) is 22.8 Å². The van der Waals surface area contributed by atoms with Gasteiger partial charge in [-0.15, -0.1) is 0 Å². The lowest BCUT2D eigenvalue weighted by Crippen LogP contribution is -2.22. The molecule has 0 aliphatic heterocycles. The number of aromatic nitrogens is 1. The van der Waals surface area contributed by atoms with Crippen LogP contribution in [0.15, 0.2) is 72.9 Å². The first-order chi connectivity index (χ1) is 13.7. The molecule has 0 spiro atoms. The molecule has 3 rings (SSSR count). The van der Waals surface area contributed by atoms with Gasteiger partial charge < -0.3 is 11.1 Å². The summed E-state index contributed by atoms with van der Waals surface area (Å²) in [4.78, 5) is 33.2. The Morgan fingerprint density at radius 3 is 2.50 bits per heavy atom. The summed E-state index contributed by atoms with van der Waals surface area (Å²) in [7, 11) is 0. The first-order valence-electron chi connectivity index (χ1n) is 8.65. The summed E-state index contributed by atoms with van der Waals surface area (Å²) in [5.41, 5.74) is 8.93. The number of pyridine rings is 1. The van der Waals surface area contributed by atoms with Crippen molar-refractivity contribution in [3.8, 4) is 0 Å². The molecule has 7 heteroatoms. The van der Waals surface area contributed by atoms with E-state index < -0.39 is 0 Å². The first-order valence-corrected chi connectivity index (χ1v) is 8.65. The lowest BCUT2D eigenvalue weighted by molar-refractivity contribution is -0.181. The second-order valence-electron chi connectivity index (χ2n) is 6.01. The third kappa shape index (κ3) is 5.15. The smallest absolute Gasteiger partial charge is 0.255 e. The van der Waals surface area contributed by atoms with Gasteiger partial charge in [0.15, 0.2) is 0 Å². The highest BCUT2D eigenvalue weighted by molar-refractivity contribution is 6.05. The fourth-order valence-electron chi connectivity index (χ4n) is 2.49.